The van der Waals surface area contributed by atoms with Gasteiger partial charge in [0.2, 0.25) is 0 Å². The largest absolute Gasteiger partial charge is 0.378 e. The molecule has 0 heterocycles. The van der Waals surface area contributed by atoms with E-state index in [9.17, 15) is 21.0 Å². The maximum absolute atomic E-state index is 9.25. The highest BCUT2D eigenvalue weighted by atomic mass is 15.1. The van der Waals surface area contributed by atoms with Crippen molar-refractivity contribution in [2.75, 3.05) is 19.0 Å². The standard InChI is InChI=1S/C15H11N5/c1-20(2)12-5-3-11(4-6-12)13-14(7-16,8-17)15(13,9-18)10-19/h3-6,13H,1-2H3. The van der Waals surface area contributed by atoms with Crippen LogP contribution in [0.4, 0.5) is 5.69 Å². The van der Waals surface area contributed by atoms with E-state index in [1.807, 2.05) is 55.4 Å². The van der Waals surface area contributed by atoms with Crippen molar-refractivity contribution in [3.05, 3.63) is 29.8 Å². The van der Waals surface area contributed by atoms with Gasteiger partial charge in [-0.05, 0) is 17.7 Å². The fourth-order valence-electron chi connectivity index (χ4n) is 2.60. The van der Waals surface area contributed by atoms with Crippen molar-refractivity contribution in [1.29, 1.82) is 21.0 Å². The summed E-state index contributed by atoms with van der Waals surface area (Å²) < 4.78 is 0. The molecule has 0 spiro atoms. The van der Waals surface area contributed by atoms with Gasteiger partial charge in [-0.25, -0.2) is 0 Å². The highest BCUT2D eigenvalue weighted by Crippen LogP contribution is 2.73. The summed E-state index contributed by atoms with van der Waals surface area (Å²) in [6.45, 7) is 0. The number of nitrogens with zero attached hydrogens (tertiary/aromatic N) is 5. The molecular formula is C15H11N5. The molecule has 96 valence electrons. The first-order chi connectivity index (χ1) is 9.52. The number of hydrogen-bond acceptors (Lipinski definition) is 5. The summed E-state index contributed by atoms with van der Waals surface area (Å²) >= 11 is 0. The van der Waals surface area contributed by atoms with Crippen LogP contribution in [-0.4, -0.2) is 14.1 Å². The molecule has 0 N–H and O–H groups in total. The zero-order valence-corrected chi connectivity index (χ0v) is 11.1. The van der Waals surface area contributed by atoms with Gasteiger partial charge in [-0.2, -0.15) is 21.0 Å². The topological polar surface area (TPSA) is 98.4 Å². The summed E-state index contributed by atoms with van der Waals surface area (Å²) in [6.07, 6.45) is 0. The van der Waals surface area contributed by atoms with Gasteiger partial charge in [-0.3, -0.25) is 0 Å². The van der Waals surface area contributed by atoms with Gasteiger partial charge in [0.15, 0.2) is 10.8 Å². The summed E-state index contributed by atoms with van der Waals surface area (Å²) in [5.74, 6) is -0.684. The quantitative estimate of drug-likeness (QED) is 0.809. The van der Waals surface area contributed by atoms with Gasteiger partial charge in [-0.15, -0.1) is 0 Å². The summed E-state index contributed by atoms with van der Waals surface area (Å²) in [4.78, 5) is 1.92. The van der Waals surface area contributed by atoms with Crippen LogP contribution in [0.5, 0.6) is 0 Å². The molecule has 0 bridgehead atoms. The predicted octanol–water partition coefficient (Wildman–Crippen LogP) is 1.92. The normalized spacial score (nSPS) is 17.9. The third-order valence-corrected chi connectivity index (χ3v) is 3.85. The highest BCUT2D eigenvalue weighted by molar-refractivity contribution is 5.60. The van der Waals surface area contributed by atoms with Crippen LogP contribution in [0.15, 0.2) is 24.3 Å². The first-order valence-electron chi connectivity index (χ1n) is 5.95. The van der Waals surface area contributed by atoms with Crippen molar-refractivity contribution < 1.29 is 0 Å². The molecule has 1 fully saturated rings. The van der Waals surface area contributed by atoms with Crippen LogP contribution in [0.1, 0.15) is 11.5 Å². The SMILES string of the molecule is CN(C)c1ccc(C2C(C#N)(C#N)C2(C#N)C#N)cc1. The first-order valence-corrected chi connectivity index (χ1v) is 5.95. The summed E-state index contributed by atoms with van der Waals surface area (Å²) in [5, 5.41) is 37.0. The Balaban J connectivity index is 2.50. The van der Waals surface area contributed by atoms with Crippen molar-refractivity contribution in [3.8, 4) is 24.3 Å². The maximum atomic E-state index is 9.25. The Labute approximate surface area is 117 Å². The van der Waals surface area contributed by atoms with Gasteiger partial charge in [0.25, 0.3) is 0 Å². The Morgan fingerprint density at radius 2 is 1.25 bits per heavy atom. The van der Waals surface area contributed by atoms with E-state index >= 15 is 0 Å². The summed E-state index contributed by atoms with van der Waals surface area (Å²) in [6, 6.07) is 14.7. The Morgan fingerprint density at radius 1 is 0.850 bits per heavy atom. The third-order valence-electron chi connectivity index (χ3n) is 3.85. The summed E-state index contributed by atoms with van der Waals surface area (Å²) in [5.41, 5.74) is -1.51. The van der Waals surface area contributed by atoms with Gasteiger partial charge >= 0.3 is 0 Å². The minimum Gasteiger partial charge on any atom is -0.378 e. The van der Waals surface area contributed by atoms with Gasteiger partial charge in [0, 0.05) is 19.8 Å². The minimum atomic E-state index is -1.57. The molecule has 0 aromatic heterocycles. The number of rotatable bonds is 2. The average molecular weight is 261 g/mol. The van der Waals surface area contributed by atoms with Gasteiger partial charge in [-0.1, -0.05) is 12.1 Å². The average Bonchev–Trinajstić information content (AvgIpc) is 3.10. The molecule has 5 heteroatoms. The monoisotopic (exact) mass is 261 g/mol. The van der Waals surface area contributed by atoms with E-state index < -0.39 is 16.7 Å². The van der Waals surface area contributed by atoms with Crippen molar-refractivity contribution in [2.24, 2.45) is 10.8 Å². The van der Waals surface area contributed by atoms with E-state index in [0.29, 0.717) is 5.56 Å². The van der Waals surface area contributed by atoms with Crippen molar-refractivity contribution in [3.63, 3.8) is 0 Å². The van der Waals surface area contributed by atoms with Gasteiger partial charge in [0.05, 0.1) is 30.2 Å². The number of nitriles is 4. The lowest BCUT2D eigenvalue weighted by Crippen LogP contribution is -2.08. The predicted molar refractivity (Wildman–Crippen MR) is 70.8 cm³/mol. The van der Waals surface area contributed by atoms with E-state index in [4.69, 9.17) is 0 Å². The van der Waals surface area contributed by atoms with Crippen LogP contribution in [0.25, 0.3) is 0 Å². The zero-order chi connectivity index (χ0) is 15.0. The van der Waals surface area contributed by atoms with Crippen molar-refractivity contribution >= 4 is 5.69 Å². The fourth-order valence-corrected chi connectivity index (χ4v) is 2.60. The first kappa shape index (κ1) is 13.4. The molecule has 1 aromatic carbocycles. The summed E-state index contributed by atoms with van der Waals surface area (Å²) in [7, 11) is 3.80. The van der Waals surface area contributed by atoms with Crippen molar-refractivity contribution in [1.82, 2.24) is 0 Å². The molecule has 1 aliphatic rings. The van der Waals surface area contributed by atoms with Crippen molar-refractivity contribution in [2.45, 2.75) is 5.92 Å². The molecule has 5 nitrogen and oxygen atoms in total. The highest BCUT2D eigenvalue weighted by Gasteiger charge is 2.81. The lowest BCUT2D eigenvalue weighted by Gasteiger charge is -2.12. The second-order valence-electron chi connectivity index (χ2n) is 4.98. The van der Waals surface area contributed by atoms with E-state index in [2.05, 4.69) is 0 Å². The molecule has 1 aliphatic carbocycles. The fraction of sp³-hybridized carbons (Fsp3) is 0.333. The number of benzene rings is 1. The molecule has 0 amide bonds. The second-order valence-corrected chi connectivity index (χ2v) is 4.98. The van der Waals surface area contributed by atoms with Crippen LogP contribution in [-0.2, 0) is 0 Å². The van der Waals surface area contributed by atoms with E-state index in [1.54, 1.807) is 12.1 Å². The van der Waals surface area contributed by atoms with E-state index in [1.165, 1.54) is 0 Å². The molecule has 0 unspecified atom stereocenters. The van der Waals surface area contributed by atoms with Gasteiger partial charge in [0.1, 0.15) is 0 Å². The second kappa shape index (κ2) is 4.27. The van der Waals surface area contributed by atoms with Crippen LogP contribution < -0.4 is 4.90 Å². The smallest absolute Gasteiger partial charge is 0.185 e. The molecule has 2 rings (SSSR count). The van der Waals surface area contributed by atoms with Crippen LogP contribution >= 0.6 is 0 Å². The van der Waals surface area contributed by atoms with Gasteiger partial charge < -0.3 is 4.90 Å². The molecule has 1 aromatic rings. The Morgan fingerprint density at radius 3 is 1.55 bits per heavy atom. The minimum absolute atomic E-state index is 0.668. The number of hydrogen-bond donors (Lipinski definition) is 0. The van der Waals surface area contributed by atoms with Crippen LogP contribution in [0.3, 0.4) is 0 Å². The molecule has 1 saturated carbocycles. The Hall–Kier alpha value is -3.02. The molecular weight excluding hydrogens is 250 g/mol. The van der Waals surface area contributed by atoms with E-state index in [-0.39, 0.29) is 0 Å². The maximum Gasteiger partial charge on any atom is 0.185 e. The molecule has 0 aliphatic heterocycles. The third kappa shape index (κ3) is 1.38. The zero-order valence-electron chi connectivity index (χ0n) is 11.1. The Kier molecular flexibility index (Phi) is 2.86. The molecule has 0 saturated heterocycles. The van der Waals surface area contributed by atoms with Crippen LogP contribution in [0.2, 0.25) is 0 Å². The van der Waals surface area contributed by atoms with E-state index in [0.717, 1.165) is 5.69 Å². The lowest BCUT2D eigenvalue weighted by atomic mass is 9.98. The molecule has 20 heavy (non-hydrogen) atoms. The Bertz CT molecular complexity index is 637. The number of anilines is 1. The lowest BCUT2D eigenvalue weighted by molar-refractivity contribution is 0.727. The van der Waals surface area contributed by atoms with Crippen LogP contribution in [0, 0.1) is 56.2 Å². The molecule has 0 radical (unpaired) electrons. The molecule has 0 atom stereocenters.